The summed E-state index contributed by atoms with van der Waals surface area (Å²) in [7, 11) is -3.79. The van der Waals surface area contributed by atoms with Gasteiger partial charge in [-0.15, -0.1) is 0 Å². The Morgan fingerprint density at radius 1 is 1.00 bits per heavy atom. The van der Waals surface area contributed by atoms with Crippen molar-refractivity contribution < 1.29 is 22.7 Å². The summed E-state index contributed by atoms with van der Waals surface area (Å²) in [6.45, 7) is 8.24. The topological polar surface area (TPSA) is 106 Å². The van der Waals surface area contributed by atoms with Gasteiger partial charge in [0.2, 0.25) is 0 Å². The van der Waals surface area contributed by atoms with Crippen molar-refractivity contribution in [2.24, 2.45) is 0 Å². The van der Waals surface area contributed by atoms with Crippen molar-refractivity contribution >= 4 is 60.6 Å². The van der Waals surface area contributed by atoms with Gasteiger partial charge in [0.25, 0.3) is 15.9 Å². The minimum atomic E-state index is -3.79. The summed E-state index contributed by atoms with van der Waals surface area (Å²) in [4.78, 5) is 12.5. The van der Waals surface area contributed by atoms with Gasteiger partial charge in [0, 0.05) is 15.8 Å². The summed E-state index contributed by atoms with van der Waals surface area (Å²) >= 11 is 8.75. The van der Waals surface area contributed by atoms with Gasteiger partial charge in [0.1, 0.15) is 11.5 Å². The van der Waals surface area contributed by atoms with E-state index >= 15 is 0 Å². The first-order valence-corrected chi connectivity index (χ1v) is 14.6. The molecule has 3 rings (SSSR count). The van der Waals surface area contributed by atoms with Crippen LogP contribution >= 0.6 is 28.1 Å². The number of carbonyl (C=O) groups excluding carboxylic acids is 1. The third kappa shape index (κ3) is 8.17. The molecule has 0 aliphatic carbocycles. The lowest BCUT2D eigenvalue weighted by molar-refractivity contribution is -0.121. The lowest BCUT2D eigenvalue weighted by Crippen LogP contribution is -2.37. The molecule has 0 radical (unpaired) electrons. The van der Waals surface area contributed by atoms with E-state index in [9.17, 15) is 13.2 Å². The van der Waals surface area contributed by atoms with Gasteiger partial charge in [-0.3, -0.25) is 14.8 Å². The molecule has 3 aromatic carbocycles. The molecule has 8 nitrogen and oxygen atoms in total. The van der Waals surface area contributed by atoms with Gasteiger partial charge in [-0.1, -0.05) is 29.8 Å². The molecule has 0 bridgehead atoms. The van der Waals surface area contributed by atoms with Crippen molar-refractivity contribution in [3.8, 4) is 11.5 Å². The zero-order valence-corrected chi connectivity index (χ0v) is 24.7. The van der Waals surface area contributed by atoms with Crippen molar-refractivity contribution in [2.45, 2.75) is 38.5 Å². The summed E-state index contributed by atoms with van der Waals surface area (Å²) in [6.07, 6.45) is 0. The smallest absolute Gasteiger partial charge is 0.264 e. The number of hydrogen-bond acceptors (Lipinski definition) is 6. The van der Waals surface area contributed by atoms with Gasteiger partial charge < -0.3 is 14.8 Å². The first kappa shape index (κ1) is 29.4. The second-order valence-electron chi connectivity index (χ2n) is 8.67. The number of aryl methyl sites for hydroxylation is 1. The Labute approximate surface area is 237 Å². The molecule has 38 heavy (non-hydrogen) atoms. The third-order valence-corrected chi connectivity index (χ3v) is 7.82. The second kappa shape index (κ2) is 13.1. The molecule has 0 fully saturated rings. The Hall–Kier alpha value is -3.15. The van der Waals surface area contributed by atoms with E-state index in [-0.39, 0.29) is 22.5 Å². The summed E-state index contributed by atoms with van der Waals surface area (Å²) in [5, 5.41) is 5.51. The van der Waals surface area contributed by atoms with Crippen LogP contribution in [0, 0.1) is 6.92 Å². The maximum atomic E-state index is 12.7. The Balaban J connectivity index is 1.54. The predicted molar refractivity (Wildman–Crippen MR) is 158 cm³/mol. The maximum Gasteiger partial charge on any atom is 0.264 e. The fourth-order valence-corrected chi connectivity index (χ4v) is 5.08. The average molecular weight is 621 g/mol. The molecular weight excluding hydrogens is 590 g/mol. The van der Waals surface area contributed by atoms with Crippen LogP contribution in [0.5, 0.6) is 11.5 Å². The van der Waals surface area contributed by atoms with Crippen molar-refractivity contribution in [2.75, 3.05) is 23.3 Å². The number of carbonyl (C=O) groups is 1. The Kier molecular flexibility index (Phi) is 10.1. The van der Waals surface area contributed by atoms with Gasteiger partial charge in [0.15, 0.2) is 11.7 Å². The number of rotatable bonds is 10. The van der Waals surface area contributed by atoms with E-state index in [1.165, 1.54) is 12.1 Å². The summed E-state index contributed by atoms with van der Waals surface area (Å²) in [5.74, 6) is 1.10. The number of halogens is 1. The Morgan fingerprint density at radius 3 is 2.24 bits per heavy atom. The van der Waals surface area contributed by atoms with E-state index < -0.39 is 15.9 Å². The summed E-state index contributed by atoms with van der Waals surface area (Å²) in [6, 6.07) is 16.5. The van der Waals surface area contributed by atoms with Gasteiger partial charge in [0.05, 0.1) is 11.5 Å². The number of hydrogen-bond donors (Lipinski definition) is 3. The lowest BCUT2D eigenvalue weighted by Gasteiger charge is -2.16. The molecule has 0 aromatic heterocycles. The normalized spacial score (nSPS) is 11.1. The second-order valence-corrected chi connectivity index (χ2v) is 11.6. The molecule has 0 aliphatic rings. The van der Waals surface area contributed by atoms with E-state index in [2.05, 4.69) is 45.1 Å². The minimum absolute atomic E-state index is 0.0674. The number of thiocarbonyl (C=S) groups is 1. The van der Waals surface area contributed by atoms with E-state index in [0.717, 1.165) is 15.6 Å². The van der Waals surface area contributed by atoms with Crippen LogP contribution in [0.4, 0.5) is 11.4 Å². The molecule has 3 aromatic rings. The largest absolute Gasteiger partial charge is 0.494 e. The quantitative estimate of drug-likeness (QED) is 0.240. The summed E-state index contributed by atoms with van der Waals surface area (Å²) < 4.78 is 40.1. The zero-order valence-electron chi connectivity index (χ0n) is 21.5. The number of amides is 1. The summed E-state index contributed by atoms with van der Waals surface area (Å²) in [5.41, 5.74) is 2.92. The van der Waals surface area contributed by atoms with E-state index in [0.29, 0.717) is 29.5 Å². The SMILES string of the molecule is CCOc1ccc(NS(=O)(=O)c2ccc(NC(=S)NC(=O)COc3cc(C)c(Br)cc3C(C)C)cc2)cc1. The van der Waals surface area contributed by atoms with Crippen molar-refractivity contribution in [1.82, 2.24) is 5.32 Å². The van der Waals surface area contributed by atoms with Crippen LogP contribution in [0.2, 0.25) is 0 Å². The number of anilines is 2. The monoisotopic (exact) mass is 619 g/mol. The van der Waals surface area contributed by atoms with Gasteiger partial charge in [-0.05, 0) is 104 Å². The van der Waals surface area contributed by atoms with E-state index in [1.54, 1.807) is 36.4 Å². The highest BCUT2D eigenvalue weighted by atomic mass is 79.9. The van der Waals surface area contributed by atoms with E-state index in [1.807, 2.05) is 26.0 Å². The number of benzene rings is 3. The highest BCUT2D eigenvalue weighted by Crippen LogP contribution is 2.32. The van der Waals surface area contributed by atoms with Crippen molar-refractivity contribution in [3.05, 3.63) is 76.3 Å². The number of sulfonamides is 1. The molecule has 0 heterocycles. The van der Waals surface area contributed by atoms with Crippen LogP contribution in [0.1, 0.15) is 37.8 Å². The standard InChI is InChI=1S/C27H30BrN3O5S2/c1-5-35-21-10-6-20(7-11-21)31-38(33,34)22-12-8-19(9-13-22)29-27(37)30-26(32)16-36-25-14-18(4)24(28)15-23(25)17(2)3/h6-15,17,31H,5,16H2,1-4H3,(H2,29,30,32,37). The van der Waals surface area contributed by atoms with Crippen LogP contribution in [-0.2, 0) is 14.8 Å². The molecule has 202 valence electrons. The fourth-order valence-electron chi connectivity index (χ4n) is 3.43. The lowest BCUT2D eigenvalue weighted by atomic mass is 10.0. The molecule has 11 heteroatoms. The third-order valence-electron chi connectivity index (χ3n) is 5.36. The molecule has 0 saturated carbocycles. The van der Waals surface area contributed by atoms with Crippen LogP contribution in [0.3, 0.4) is 0 Å². The average Bonchev–Trinajstić information content (AvgIpc) is 2.86. The van der Waals surface area contributed by atoms with Crippen LogP contribution in [0.15, 0.2) is 70.0 Å². The Bertz CT molecular complexity index is 1390. The Morgan fingerprint density at radius 2 is 1.63 bits per heavy atom. The molecule has 0 aliphatic heterocycles. The van der Waals surface area contributed by atoms with E-state index in [4.69, 9.17) is 21.7 Å². The molecule has 0 unspecified atom stereocenters. The van der Waals surface area contributed by atoms with Gasteiger partial charge >= 0.3 is 0 Å². The highest BCUT2D eigenvalue weighted by molar-refractivity contribution is 9.10. The van der Waals surface area contributed by atoms with Crippen LogP contribution < -0.4 is 24.8 Å². The van der Waals surface area contributed by atoms with Crippen LogP contribution in [-0.4, -0.2) is 32.7 Å². The maximum absolute atomic E-state index is 12.7. The van der Waals surface area contributed by atoms with Gasteiger partial charge in [-0.25, -0.2) is 8.42 Å². The predicted octanol–water partition coefficient (Wildman–Crippen LogP) is 5.97. The first-order chi connectivity index (χ1) is 18.0. The van der Waals surface area contributed by atoms with Crippen molar-refractivity contribution in [3.63, 3.8) is 0 Å². The highest BCUT2D eigenvalue weighted by Gasteiger charge is 2.16. The van der Waals surface area contributed by atoms with Gasteiger partial charge in [-0.2, -0.15) is 0 Å². The van der Waals surface area contributed by atoms with Crippen molar-refractivity contribution in [1.29, 1.82) is 0 Å². The molecular formula is C27H30BrN3O5S2. The molecule has 0 saturated heterocycles. The molecule has 3 N–H and O–H groups in total. The number of nitrogens with one attached hydrogen (secondary N) is 3. The molecule has 1 amide bonds. The fraction of sp³-hybridized carbons (Fsp3) is 0.259. The zero-order chi connectivity index (χ0) is 27.9. The minimum Gasteiger partial charge on any atom is -0.494 e. The number of ether oxygens (including phenoxy) is 2. The molecule has 0 atom stereocenters. The molecule has 0 spiro atoms. The first-order valence-electron chi connectivity index (χ1n) is 11.9. The van der Waals surface area contributed by atoms with Crippen LogP contribution in [0.25, 0.3) is 0 Å².